The molecule has 1 N–H and O–H groups in total. The lowest BCUT2D eigenvalue weighted by Gasteiger charge is -2.25. The molecule has 0 amide bonds. The first-order valence-electron chi connectivity index (χ1n) is 7.34. The number of ether oxygens (including phenoxy) is 1. The molecule has 0 radical (unpaired) electrons. The molecule has 1 aliphatic carbocycles. The fourth-order valence-electron chi connectivity index (χ4n) is 3.46. The van der Waals surface area contributed by atoms with Gasteiger partial charge in [-0.05, 0) is 18.1 Å². The van der Waals surface area contributed by atoms with Gasteiger partial charge in [-0.2, -0.15) is 0 Å². The zero-order valence-corrected chi connectivity index (χ0v) is 13.1. The van der Waals surface area contributed by atoms with E-state index in [2.05, 4.69) is 5.32 Å². The third kappa shape index (κ3) is 2.05. The Bertz CT molecular complexity index is 846. The third-order valence-electron chi connectivity index (χ3n) is 4.50. The van der Waals surface area contributed by atoms with Crippen LogP contribution >= 0.6 is 11.6 Å². The topological polar surface area (TPSA) is 98.5 Å². The van der Waals surface area contributed by atoms with Crippen LogP contribution in [0.15, 0.2) is 40.7 Å². The monoisotopic (exact) mass is 346 g/mol. The van der Waals surface area contributed by atoms with E-state index in [0.29, 0.717) is 35.2 Å². The molecule has 0 bridgehead atoms. The SMILES string of the molecule is O=C1CCC2=C1C(c1ccc(Cl)c([N+](=O)[O-])c1)C1=C(COC1=O)N2. The van der Waals surface area contributed by atoms with Gasteiger partial charge in [-0.3, -0.25) is 14.9 Å². The molecular weight excluding hydrogens is 336 g/mol. The summed E-state index contributed by atoms with van der Waals surface area (Å²) in [5, 5.41) is 14.3. The minimum absolute atomic E-state index is 0.00726. The normalized spacial score (nSPS) is 22.3. The molecular formula is C16H11ClN2O5. The zero-order chi connectivity index (χ0) is 17.0. The van der Waals surface area contributed by atoms with E-state index in [0.717, 1.165) is 5.70 Å². The molecule has 2 aliphatic heterocycles. The van der Waals surface area contributed by atoms with Gasteiger partial charge in [-0.25, -0.2) is 4.79 Å². The molecule has 1 atom stereocenters. The van der Waals surface area contributed by atoms with Crippen molar-refractivity contribution >= 4 is 29.0 Å². The van der Waals surface area contributed by atoms with Gasteiger partial charge in [0.25, 0.3) is 5.69 Å². The Labute approximate surface area is 141 Å². The molecule has 0 spiro atoms. The van der Waals surface area contributed by atoms with Crippen molar-refractivity contribution in [3.8, 4) is 0 Å². The van der Waals surface area contributed by atoms with Gasteiger partial charge in [0.1, 0.15) is 11.6 Å². The number of esters is 1. The number of nitrogens with one attached hydrogen (secondary N) is 1. The van der Waals surface area contributed by atoms with Crippen molar-refractivity contribution in [1.29, 1.82) is 0 Å². The number of benzene rings is 1. The number of hydrogen-bond donors (Lipinski definition) is 1. The summed E-state index contributed by atoms with van der Waals surface area (Å²) in [4.78, 5) is 35.1. The first-order valence-corrected chi connectivity index (χ1v) is 7.72. The van der Waals surface area contributed by atoms with Crippen LogP contribution in [0, 0.1) is 10.1 Å². The van der Waals surface area contributed by atoms with Crippen LogP contribution in [0.2, 0.25) is 5.02 Å². The molecule has 24 heavy (non-hydrogen) atoms. The average Bonchev–Trinajstić information content (AvgIpc) is 3.10. The van der Waals surface area contributed by atoms with Gasteiger partial charge in [-0.1, -0.05) is 17.7 Å². The van der Waals surface area contributed by atoms with Crippen molar-refractivity contribution in [3.05, 3.63) is 61.4 Å². The van der Waals surface area contributed by atoms with Gasteiger partial charge in [0.2, 0.25) is 0 Å². The van der Waals surface area contributed by atoms with Crippen molar-refractivity contribution in [2.75, 3.05) is 6.61 Å². The lowest BCUT2D eigenvalue weighted by molar-refractivity contribution is -0.384. The van der Waals surface area contributed by atoms with Crippen LogP contribution in [0.3, 0.4) is 0 Å². The number of cyclic esters (lactones) is 1. The minimum Gasteiger partial charge on any atom is -0.456 e. The van der Waals surface area contributed by atoms with Gasteiger partial charge in [-0.15, -0.1) is 0 Å². The maximum Gasteiger partial charge on any atom is 0.337 e. The Balaban J connectivity index is 1.91. The molecule has 4 rings (SSSR count). The Morgan fingerprint density at radius 2 is 2.00 bits per heavy atom. The van der Waals surface area contributed by atoms with Crippen molar-refractivity contribution in [1.82, 2.24) is 5.32 Å². The summed E-state index contributed by atoms with van der Waals surface area (Å²) in [7, 11) is 0. The Kier molecular flexibility index (Phi) is 3.21. The summed E-state index contributed by atoms with van der Waals surface area (Å²) in [5.41, 5.74) is 2.45. The van der Waals surface area contributed by atoms with E-state index < -0.39 is 16.8 Å². The van der Waals surface area contributed by atoms with E-state index in [-0.39, 0.29) is 23.1 Å². The molecule has 3 aliphatic rings. The summed E-state index contributed by atoms with van der Waals surface area (Å²) in [6.07, 6.45) is 0.921. The number of rotatable bonds is 2. The number of nitrogens with zero attached hydrogens (tertiary/aromatic N) is 1. The van der Waals surface area contributed by atoms with Crippen molar-refractivity contribution in [3.63, 3.8) is 0 Å². The van der Waals surface area contributed by atoms with Gasteiger partial charge in [0.15, 0.2) is 5.78 Å². The maximum absolute atomic E-state index is 12.3. The number of allylic oxidation sites excluding steroid dienone is 2. The number of carbonyl (C=O) groups excluding carboxylic acids is 2. The summed E-state index contributed by atoms with van der Waals surface area (Å²) >= 11 is 5.87. The number of nitro groups is 1. The van der Waals surface area contributed by atoms with Gasteiger partial charge in [0.05, 0.1) is 16.2 Å². The number of halogens is 1. The van der Waals surface area contributed by atoms with Crippen molar-refractivity contribution < 1.29 is 19.2 Å². The number of hydrogen-bond acceptors (Lipinski definition) is 6. The minimum atomic E-state index is -0.655. The predicted octanol–water partition coefficient (Wildman–Crippen LogP) is 2.36. The standard InChI is InChI=1S/C16H11ClN2O5/c17-8-2-1-7(5-11(8)19(22)23)13-14-9(3-4-12(14)20)18-10-6-24-16(21)15(10)13/h1-2,5,13,18H,3-4,6H2. The van der Waals surface area contributed by atoms with E-state index in [1.807, 2.05) is 0 Å². The number of Topliss-reactive ketones (excluding diaryl/α,β-unsaturated/α-hetero) is 1. The molecule has 122 valence electrons. The van der Waals surface area contributed by atoms with Crippen LogP contribution in [0.4, 0.5) is 5.69 Å². The lowest BCUT2D eigenvalue weighted by Crippen LogP contribution is -2.26. The zero-order valence-electron chi connectivity index (χ0n) is 12.3. The molecule has 0 saturated carbocycles. The molecule has 1 aromatic carbocycles. The van der Waals surface area contributed by atoms with E-state index in [1.54, 1.807) is 6.07 Å². The average molecular weight is 347 g/mol. The third-order valence-corrected chi connectivity index (χ3v) is 4.82. The fraction of sp³-hybridized carbons (Fsp3) is 0.250. The van der Waals surface area contributed by atoms with E-state index in [1.165, 1.54) is 12.1 Å². The van der Waals surface area contributed by atoms with Crippen molar-refractivity contribution in [2.24, 2.45) is 0 Å². The second-order valence-electron chi connectivity index (χ2n) is 5.81. The van der Waals surface area contributed by atoms with Gasteiger partial charge >= 0.3 is 5.97 Å². The molecule has 0 saturated heterocycles. The van der Waals surface area contributed by atoms with Gasteiger partial charge in [0, 0.05) is 29.7 Å². The van der Waals surface area contributed by atoms with E-state index in [9.17, 15) is 19.7 Å². The molecule has 1 unspecified atom stereocenters. The maximum atomic E-state index is 12.3. The largest absolute Gasteiger partial charge is 0.456 e. The van der Waals surface area contributed by atoms with E-state index in [4.69, 9.17) is 16.3 Å². The van der Waals surface area contributed by atoms with Gasteiger partial charge < -0.3 is 10.1 Å². The summed E-state index contributed by atoms with van der Waals surface area (Å²) < 4.78 is 5.08. The Hall–Kier alpha value is -2.67. The highest BCUT2D eigenvalue weighted by Crippen LogP contribution is 2.46. The molecule has 0 aromatic heterocycles. The van der Waals surface area contributed by atoms with Crippen LogP contribution in [0.5, 0.6) is 0 Å². The lowest BCUT2D eigenvalue weighted by atomic mass is 9.81. The second-order valence-corrected chi connectivity index (χ2v) is 6.22. The van der Waals surface area contributed by atoms with Crippen LogP contribution < -0.4 is 5.32 Å². The summed E-state index contributed by atoms with van der Waals surface area (Å²) in [6.45, 7) is 0.116. The highest BCUT2D eigenvalue weighted by atomic mass is 35.5. The quantitative estimate of drug-likeness (QED) is 0.501. The van der Waals surface area contributed by atoms with Crippen LogP contribution in [0.1, 0.15) is 24.3 Å². The Morgan fingerprint density at radius 1 is 1.21 bits per heavy atom. The number of dihydropyridines is 1. The molecule has 8 heteroatoms. The summed E-state index contributed by atoms with van der Waals surface area (Å²) in [5.74, 6) is -1.23. The summed E-state index contributed by atoms with van der Waals surface area (Å²) in [6, 6.07) is 4.35. The van der Waals surface area contributed by atoms with Crippen molar-refractivity contribution in [2.45, 2.75) is 18.8 Å². The molecule has 2 heterocycles. The first-order chi connectivity index (χ1) is 11.5. The molecule has 7 nitrogen and oxygen atoms in total. The number of ketones is 1. The number of carbonyl (C=O) groups is 2. The van der Waals surface area contributed by atoms with Crippen LogP contribution in [-0.2, 0) is 14.3 Å². The Morgan fingerprint density at radius 3 is 2.75 bits per heavy atom. The predicted molar refractivity (Wildman–Crippen MR) is 83.2 cm³/mol. The highest BCUT2D eigenvalue weighted by Gasteiger charge is 2.44. The van der Waals surface area contributed by atoms with E-state index >= 15 is 0 Å². The fourth-order valence-corrected chi connectivity index (χ4v) is 3.65. The molecule has 1 aromatic rings. The first kappa shape index (κ1) is 14.9. The van der Waals surface area contributed by atoms with Crippen LogP contribution in [0.25, 0.3) is 0 Å². The molecule has 0 fully saturated rings. The second kappa shape index (κ2) is 5.17. The smallest absolute Gasteiger partial charge is 0.337 e. The number of nitro benzene ring substituents is 1. The van der Waals surface area contributed by atoms with Crippen LogP contribution in [-0.4, -0.2) is 23.3 Å². The highest BCUT2D eigenvalue weighted by molar-refractivity contribution is 6.32.